The minimum Gasteiger partial charge on any atom is -0.872 e. The zero-order valence-corrected chi connectivity index (χ0v) is 22.8. The fraction of sp³-hybridized carbons (Fsp3) is 0.684. The quantitative estimate of drug-likeness (QED) is 0.222. The molecule has 0 radical (unpaired) electrons. The van der Waals surface area contributed by atoms with Crippen LogP contribution in [0.4, 0.5) is 0 Å². The maximum Gasteiger partial charge on any atom is 1.00 e. The van der Waals surface area contributed by atoms with Gasteiger partial charge in [0.1, 0.15) is 0 Å². The van der Waals surface area contributed by atoms with Crippen LogP contribution in [0.15, 0.2) is 30.3 Å². The first-order valence-corrected chi connectivity index (χ1v) is 13.5. The van der Waals surface area contributed by atoms with Gasteiger partial charge in [0, 0.05) is 19.1 Å². The molecule has 1 saturated heterocycles. The van der Waals surface area contributed by atoms with E-state index in [0.29, 0.717) is 25.1 Å². The summed E-state index contributed by atoms with van der Waals surface area (Å²) in [7, 11) is -7.45. The summed E-state index contributed by atoms with van der Waals surface area (Å²) in [5, 5.41) is 10.3. The Morgan fingerprint density at radius 2 is 1.35 bits per heavy atom. The molecule has 12 heteroatoms. The van der Waals surface area contributed by atoms with Crippen molar-refractivity contribution in [2.45, 2.75) is 51.9 Å². The second-order valence-corrected chi connectivity index (χ2v) is 9.83. The van der Waals surface area contributed by atoms with Gasteiger partial charge >= 0.3 is 29.6 Å². The third-order valence-electron chi connectivity index (χ3n) is 3.36. The first-order valence-electron chi connectivity index (χ1n) is 9.78. The van der Waals surface area contributed by atoms with Crippen molar-refractivity contribution in [3.8, 4) is 5.75 Å². The van der Waals surface area contributed by atoms with Crippen molar-refractivity contribution in [2.24, 2.45) is 0 Å². The summed E-state index contributed by atoms with van der Waals surface area (Å²) < 4.78 is 61.5. The van der Waals surface area contributed by atoms with Gasteiger partial charge in [-0.05, 0) is 32.1 Å². The molecule has 0 aliphatic carbocycles. The van der Waals surface area contributed by atoms with Crippen LogP contribution >= 0.6 is 11.6 Å². The molecule has 1 fully saturated rings. The van der Waals surface area contributed by atoms with Crippen LogP contribution in [0.2, 0.25) is 0 Å². The zero-order chi connectivity index (χ0) is 23.3. The Morgan fingerprint density at radius 3 is 1.61 bits per heavy atom. The van der Waals surface area contributed by atoms with E-state index in [4.69, 9.17) is 25.4 Å². The molecule has 8 nitrogen and oxygen atoms in total. The SMILES string of the molecule is C1CCOC1.CCCCCS(=O)(=O)O.O=S(=O)(O)CCCCCl.[Na+].[O-]c1ccccc1. The summed E-state index contributed by atoms with van der Waals surface area (Å²) >= 11 is 5.25. The molecule has 178 valence electrons. The molecule has 0 amide bonds. The molecule has 0 saturated carbocycles. The molecule has 31 heavy (non-hydrogen) atoms. The molecule has 0 spiro atoms. The van der Waals surface area contributed by atoms with Crippen molar-refractivity contribution in [2.75, 3.05) is 30.6 Å². The van der Waals surface area contributed by atoms with Gasteiger partial charge in [-0.3, -0.25) is 9.11 Å². The summed E-state index contributed by atoms with van der Waals surface area (Å²) in [4.78, 5) is 0. The van der Waals surface area contributed by atoms with E-state index in [1.165, 1.54) is 25.0 Å². The molecule has 0 unspecified atom stereocenters. The average Bonchev–Trinajstić information content (AvgIpc) is 3.22. The summed E-state index contributed by atoms with van der Waals surface area (Å²) in [6, 6.07) is 8.33. The number of para-hydroxylation sites is 1. The van der Waals surface area contributed by atoms with Gasteiger partial charge in [0.05, 0.1) is 11.5 Å². The van der Waals surface area contributed by atoms with Crippen molar-refractivity contribution < 1.29 is 65.3 Å². The van der Waals surface area contributed by atoms with Gasteiger partial charge in [0.25, 0.3) is 20.2 Å². The van der Waals surface area contributed by atoms with E-state index in [2.05, 4.69) is 0 Å². The van der Waals surface area contributed by atoms with Gasteiger partial charge in [-0.25, -0.2) is 0 Å². The topological polar surface area (TPSA) is 141 Å². The minimum atomic E-state index is -3.76. The molecular weight excluding hydrogens is 479 g/mol. The number of hydrogen-bond donors (Lipinski definition) is 2. The van der Waals surface area contributed by atoms with Crippen LogP contribution in [0.25, 0.3) is 0 Å². The van der Waals surface area contributed by atoms with Gasteiger partial charge in [0.2, 0.25) is 0 Å². The van der Waals surface area contributed by atoms with Crippen LogP contribution < -0.4 is 34.7 Å². The van der Waals surface area contributed by atoms with E-state index in [-0.39, 0.29) is 46.8 Å². The van der Waals surface area contributed by atoms with Crippen LogP contribution in [0.5, 0.6) is 5.75 Å². The molecule has 1 aliphatic rings. The van der Waals surface area contributed by atoms with Crippen molar-refractivity contribution in [3.63, 3.8) is 0 Å². The van der Waals surface area contributed by atoms with Crippen LogP contribution in [0.1, 0.15) is 51.9 Å². The fourth-order valence-corrected chi connectivity index (χ4v) is 3.17. The second-order valence-electron chi connectivity index (χ2n) is 6.31. The predicted molar refractivity (Wildman–Crippen MR) is 118 cm³/mol. The molecular formula is C19H34ClNaO8S2. The van der Waals surface area contributed by atoms with Gasteiger partial charge in [0.15, 0.2) is 0 Å². The van der Waals surface area contributed by atoms with Crippen LogP contribution in [0.3, 0.4) is 0 Å². The molecule has 2 N–H and O–H groups in total. The smallest absolute Gasteiger partial charge is 0.872 e. The van der Waals surface area contributed by atoms with Crippen LogP contribution in [0, 0.1) is 0 Å². The summed E-state index contributed by atoms with van der Waals surface area (Å²) in [6.07, 6.45) is 6.01. The normalized spacial score (nSPS) is 12.6. The van der Waals surface area contributed by atoms with E-state index in [1.807, 2.05) is 13.0 Å². The monoisotopic (exact) mass is 512 g/mol. The Balaban J connectivity index is -0.000000339. The number of hydrogen-bond acceptors (Lipinski definition) is 6. The molecule has 1 aliphatic heterocycles. The summed E-state index contributed by atoms with van der Waals surface area (Å²) in [6.45, 7) is 3.98. The Labute approximate surface area is 214 Å². The van der Waals surface area contributed by atoms with Gasteiger partial charge in [-0.15, -0.1) is 17.4 Å². The molecule has 2 rings (SSSR count). The summed E-state index contributed by atoms with van der Waals surface area (Å²) in [5.74, 6) is 0.235. The van der Waals surface area contributed by atoms with Crippen LogP contribution in [-0.4, -0.2) is 56.5 Å². The van der Waals surface area contributed by atoms with E-state index in [1.54, 1.807) is 12.1 Å². The van der Waals surface area contributed by atoms with E-state index < -0.39 is 20.2 Å². The fourth-order valence-electron chi connectivity index (χ4n) is 1.84. The number of halogens is 1. The molecule has 1 aromatic rings. The van der Waals surface area contributed by atoms with Crippen molar-refractivity contribution in [1.29, 1.82) is 0 Å². The second kappa shape index (κ2) is 23.3. The molecule has 0 bridgehead atoms. The standard InChI is InChI=1S/C6H6O.C5H12O3S.C4H9ClO3S.C4H8O.Na/c7-6-4-2-1-3-5-6;1-2-3-4-5-9(6,7)8;5-3-1-2-4-9(6,7)8;1-2-4-5-3-1;/h1-5,7H;2-5H2,1H3,(H,6,7,8);1-4H2,(H,6,7,8);1-4H2;/q;;;;+1/p-1. The molecule has 1 aromatic carbocycles. The number of unbranched alkanes of at least 4 members (excludes halogenated alkanes) is 3. The Kier molecular flexibility index (Phi) is 26.8. The minimum absolute atomic E-state index is 0. The maximum atomic E-state index is 10.3. The van der Waals surface area contributed by atoms with Gasteiger partial charge < -0.3 is 9.84 Å². The zero-order valence-electron chi connectivity index (χ0n) is 18.4. The van der Waals surface area contributed by atoms with E-state index >= 15 is 0 Å². The van der Waals surface area contributed by atoms with Gasteiger partial charge in [-0.1, -0.05) is 50.1 Å². The van der Waals surface area contributed by atoms with Crippen molar-refractivity contribution >= 4 is 31.8 Å². The predicted octanol–water partition coefficient (Wildman–Crippen LogP) is 0.519. The largest absolute Gasteiger partial charge is 1.00 e. The molecule has 1 heterocycles. The number of ether oxygens (including phenoxy) is 1. The number of alkyl halides is 1. The van der Waals surface area contributed by atoms with Gasteiger partial charge in [-0.2, -0.15) is 16.8 Å². The number of rotatable bonds is 8. The third kappa shape index (κ3) is 37.7. The first kappa shape index (κ1) is 35.7. The van der Waals surface area contributed by atoms with Crippen molar-refractivity contribution in [3.05, 3.63) is 30.3 Å². The van der Waals surface area contributed by atoms with E-state index in [0.717, 1.165) is 26.1 Å². The number of benzene rings is 1. The third-order valence-corrected chi connectivity index (χ3v) is 5.24. The molecule has 0 atom stereocenters. The molecule has 0 aromatic heterocycles. The Bertz CT molecular complexity index is 651. The van der Waals surface area contributed by atoms with E-state index in [9.17, 15) is 21.9 Å². The van der Waals surface area contributed by atoms with Crippen molar-refractivity contribution in [1.82, 2.24) is 0 Å². The Hall–Kier alpha value is 0.0900. The summed E-state index contributed by atoms with van der Waals surface area (Å²) in [5.41, 5.74) is 0. The Morgan fingerprint density at radius 1 is 0.903 bits per heavy atom. The first-order chi connectivity index (χ1) is 14.0. The van der Waals surface area contributed by atoms with Crippen LogP contribution in [-0.2, 0) is 25.0 Å². The average molecular weight is 513 g/mol. The maximum absolute atomic E-state index is 10.3.